The molecule has 1 aromatic rings. The Kier molecular flexibility index (Phi) is 3.95. The van der Waals surface area contributed by atoms with Gasteiger partial charge in [0.25, 0.3) is 0 Å². The van der Waals surface area contributed by atoms with Crippen molar-refractivity contribution in [2.75, 3.05) is 0 Å². The third-order valence-corrected chi connectivity index (χ3v) is 4.79. The maximum atomic E-state index is 12.2. The van der Waals surface area contributed by atoms with E-state index in [0.29, 0.717) is 31.6 Å². The van der Waals surface area contributed by atoms with Crippen LogP contribution in [-0.4, -0.2) is 23.0 Å². The van der Waals surface area contributed by atoms with Crippen LogP contribution < -0.4 is 5.32 Å². The van der Waals surface area contributed by atoms with Crippen LogP contribution in [0.25, 0.3) is 0 Å². The van der Waals surface area contributed by atoms with Crippen LogP contribution in [0.4, 0.5) is 0 Å². The van der Waals surface area contributed by atoms with E-state index in [-0.39, 0.29) is 23.8 Å². The molecule has 1 aromatic carbocycles. The molecular formula is C17H21NO3. The predicted octanol–water partition coefficient (Wildman–Crippen LogP) is 2.55. The molecule has 2 saturated carbocycles. The number of hydrogen-bond acceptors (Lipinski definition) is 2. The van der Waals surface area contributed by atoms with E-state index in [1.165, 1.54) is 5.56 Å². The van der Waals surface area contributed by atoms with Gasteiger partial charge in [-0.15, -0.1) is 0 Å². The SMILES string of the molecule is O=C(O)C1CCC(C(=O)NC2CC2c2ccccc2)CC1. The number of benzene rings is 1. The lowest BCUT2D eigenvalue weighted by Crippen LogP contribution is -2.36. The number of carboxylic acid groups (broad SMARTS) is 1. The Labute approximate surface area is 124 Å². The molecule has 0 spiro atoms. The predicted molar refractivity (Wildman–Crippen MR) is 78.8 cm³/mol. The summed E-state index contributed by atoms with van der Waals surface area (Å²) in [5, 5.41) is 12.1. The highest BCUT2D eigenvalue weighted by molar-refractivity contribution is 5.80. The standard InChI is InChI=1S/C17H21NO3/c19-16(12-6-8-13(9-7-12)17(20)21)18-15-10-14(15)11-4-2-1-3-5-11/h1-5,12-15H,6-10H2,(H,18,19)(H,20,21). The Morgan fingerprint density at radius 1 is 1.00 bits per heavy atom. The van der Waals surface area contributed by atoms with Crippen molar-refractivity contribution in [3.63, 3.8) is 0 Å². The molecule has 0 radical (unpaired) electrons. The fraction of sp³-hybridized carbons (Fsp3) is 0.529. The van der Waals surface area contributed by atoms with Crippen LogP contribution in [0.5, 0.6) is 0 Å². The van der Waals surface area contributed by atoms with Crippen molar-refractivity contribution in [1.82, 2.24) is 5.32 Å². The van der Waals surface area contributed by atoms with Gasteiger partial charge in [0.1, 0.15) is 0 Å². The monoisotopic (exact) mass is 287 g/mol. The van der Waals surface area contributed by atoms with Crippen LogP contribution in [0, 0.1) is 11.8 Å². The van der Waals surface area contributed by atoms with Crippen LogP contribution in [-0.2, 0) is 9.59 Å². The molecule has 2 atom stereocenters. The number of hydrogen-bond donors (Lipinski definition) is 2. The van der Waals surface area contributed by atoms with Crippen molar-refractivity contribution in [2.45, 2.75) is 44.1 Å². The third-order valence-electron chi connectivity index (χ3n) is 4.79. The maximum Gasteiger partial charge on any atom is 0.306 e. The van der Waals surface area contributed by atoms with Gasteiger partial charge in [0.2, 0.25) is 5.91 Å². The number of carbonyl (C=O) groups is 2. The summed E-state index contributed by atoms with van der Waals surface area (Å²) in [5.74, 6) is -0.419. The van der Waals surface area contributed by atoms with Gasteiger partial charge in [-0.1, -0.05) is 30.3 Å². The molecule has 21 heavy (non-hydrogen) atoms. The topological polar surface area (TPSA) is 66.4 Å². The second-order valence-electron chi connectivity index (χ2n) is 6.25. The van der Waals surface area contributed by atoms with Gasteiger partial charge in [-0.05, 0) is 37.7 Å². The first-order chi connectivity index (χ1) is 10.1. The van der Waals surface area contributed by atoms with Crippen molar-refractivity contribution in [2.24, 2.45) is 11.8 Å². The summed E-state index contributed by atoms with van der Waals surface area (Å²) in [7, 11) is 0. The molecule has 2 unspecified atom stereocenters. The van der Waals surface area contributed by atoms with E-state index in [4.69, 9.17) is 5.11 Å². The van der Waals surface area contributed by atoms with Gasteiger partial charge in [0, 0.05) is 17.9 Å². The summed E-state index contributed by atoms with van der Waals surface area (Å²) in [6, 6.07) is 10.5. The molecule has 3 rings (SSSR count). The Hall–Kier alpha value is -1.84. The minimum Gasteiger partial charge on any atom is -0.481 e. The van der Waals surface area contributed by atoms with Gasteiger partial charge >= 0.3 is 5.97 Å². The molecular weight excluding hydrogens is 266 g/mol. The zero-order valence-electron chi connectivity index (χ0n) is 12.0. The van der Waals surface area contributed by atoms with Crippen LogP contribution in [0.3, 0.4) is 0 Å². The van der Waals surface area contributed by atoms with Gasteiger partial charge in [0.15, 0.2) is 0 Å². The lowest BCUT2D eigenvalue weighted by atomic mass is 9.81. The molecule has 0 aliphatic heterocycles. The molecule has 2 N–H and O–H groups in total. The number of nitrogens with one attached hydrogen (secondary N) is 1. The molecule has 2 fully saturated rings. The van der Waals surface area contributed by atoms with Gasteiger partial charge < -0.3 is 10.4 Å². The summed E-state index contributed by atoms with van der Waals surface area (Å²) >= 11 is 0. The highest BCUT2D eigenvalue weighted by atomic mass is 16.4. The molecule has 4 heteroatoms. The fourth-order valence-electron chi connectivity index (χ4n) is 3.33. The smallest absolute Gasteiger partial charge is 0.306 e. The average molecular weight is 287 g/mol. The highest BCUT2D eigenvalue weighted by Gasteiger charge is 2.40. The Bertz CT molecular complexity index is 520. The van der Waals surface area contributed by atoms with E-state index in [9.17, 15) is 9.59 Å². The summed E-state index contributed by atoms with van der Waals surface area (Å²) in [6.45, 7) is 0. The summed E-state index contributed by atoms with van der Waals surface area (Å²) in [5.41, 5.74) is 1.29. The second kappa shape index (κ2) is 5.88. The molecule has 0 heterocycles. The molecule has 112 valence electrons. The number of rotatable bonds is 4. The van der Waals surface area contributed by atoms with Crippen molar-refractivity contribution in [3.8, 4) is 0 Å². The summed E-state index contributed by atoms with van der Waals surface area (Å²) in [6.07, 6.45) is 3.66. The Morgan fingerprint density at radius 2 is 1.62 bits per heavy atom. The van der Waals surface area contributed by atoms with Crippen LogP contribution in [0.1, 0.15) is 43.6 Å². The van der Waals surface area contributed by atoms with E-state index in [0.717, 1.165) is 6.42 Å². The van der Waals surface area contributed by atoms with Crippen molar-refractivity contribution in [3.05, 3.63) is 35.9 Å². The van der Waals surface area contributed by atoms with E-state index in [1.807, 2.05) is 18.2 Å². The summed E-state index contributed by atoms with van der Waals surface area (Å²) < 4.78 is 0. The van der Waals surface area contributed by atoms with E-state index in [2.05, 4.69) is 17.4 Å². The molecule has 0 bridgehead atoms. The molecule has 2 aliphatic rings. The molecule has 2 aliphatic carbocycles. The van der Waals surface area contributed by atoms with Crippen LogP contribution in [0.2, 0.25) is 0 Å². The Morgan fingerprint density at radius 3 is 2.24 bits per heavy atom. The zero-order valence-corrected chi connectivity index (χ0v) is 12.0. The lowest BCUT2D eigenvalue weighted by molar-refractivity contribution is -0.144. The van der Waals surface area contributed by atoms with Gasteiger partial charge in [-0.25, -0.2) is 0 Å². The Balaban J connectivity index is 1.47. The van der Waals surface area contributed by atoms with Crippen LogP contribution in [0.15, 0.2) is 30.3 Å². The first kappa shape index (κ1) is 14.1. The molecule has 4 nitrogen and oxygen atoms in total. The second-order valence-corrected chi connectivity index (χ2v) is 6.25. The molecule has 0 saturated heterocycles. The summed E-state index contributed by atoms with van der Waals surface area (Å²) in [4.78, 5) is 23.2. The zero-order chi connectivity index (χ0) is 14.8. The number of carboxylic acids is 1. The third kappa shape index (κ3) is 3.26. The van der Waals surface area contributed by atoms with Gasteiger partial charge in [0.05, 0.1) is 5.92 Å². The number of aliphatic carboxylic acids is 1. The number of amides is 1. The minimum absolute atomic E-state index is 0.00220. The van der Waals surface area contributed by atoms with E-state index < -0.39 is 5.97 Å². The van der Waals surface area contributed by atoms with Gasteiger partial charge in [-0.3, -0.25) is 9.59 Å². The maximum absolute atomic E-state index is 12.2. The number of carbonyl (C=O) groups excluding carboxylic acids is 1. The molecule has 0 aromatic heterocycles. The molecule has 1 amide bonds. The quantitative estimate of drug-likeness (QED) is 0.894. The van der Waals surface area contributed by atoms with Crippen molar-refractivity contribution >= 4 is 11.9 Å². The van der Waals surface area contributed by atoms with Crippen molar-refractivity contribution in [1.29, 1.82) is 0 Å². The van der Waals surface area contributed by atoms with E-state index >= 15 is 0 Å². The largest absolute Gasteiger partial charge is 0.481 e. The first-order valence-corrected chi connectivity index (χ1v) is 7.73. The van der Waals surface area contributed by atoms with Gasteiger partial charge in [-0.2, -0.15) is 0 Å². The minimum atomic E-state index is -0.722. The lowest BCUT2D eigenvalue weighted by Gasteiger charge is -2.25. The fourth-order valence-corrected chi connectivity index (χ4v) is 3.33. The van der Waals surface area contributed by atoms with Crippen molar-refractivity contribution < 1.29 is 14.7 Å². The van der Waals surface area contributed by atoms with Crippen LogP contribution >= 0.6 is 0 Å². The normalized spacial score (nSPS) is 31.4. The van der Waals surface area contributed by atoms with E-state index in [1.54, 1.807) is 0 Å². The average Bonchev–Trinajstić information content (AvgIpc) is 3.27. The first-order valence-electron chi connectivity index (χ1n) is 7.73. The highest BCUT2D eigenvalue weighted by Crippen LogP contribution is 2.41.